The Hall–Kier alpha value is -3.01. The third kappa shape index (κ3) is 2.27. The van der Waals surface area contributed by atoms with Crippen LogP contribution >= 0.6 is 0 Å². The molecule has 0 aliphatic carbocycles. The van der Waals surface area contributed by atoms with Crippen molar-refractivity contribution in [3.63, 3.8) is 0 Å². The molecule has 120 valence electrons. The third-order valence-corrected chi connectivity index (χ3v) is 4.51. The fourth-order valence-electron chi connectivity index (χ4n) is 3.31. The van der Waals surface area contributed by atoms with Crippen LogP contribution < -0.4 is 9.64 Å². The van der Waals surface area contributed by atoms with E-state index in [4.69, 9.17) is 4.74 Å². The topological polar surface area (TPSA) is 34.5 Å². The summed E-state index contributed by atoms with van der Waals surface area (Å²) < 4.78 is 7.20. The van der Waals surface area contributed by atoms with Crippen LogP contribution in [0, 0.1) is 0 Å². The van der Waals surface area contributed by atoms with Gasteiger partial charge in [0.1, 0.15) is 11.8 Å². The number of nitrogens with zero attached hydrogens (tertiary/aromatic N) is 2. The first kappa shape index (κ1) is 14.6. The molecule has 0 spiro atoms. The van der Waals surface area contributed by atoms with Crippen LogP contribution in [0.3, 0.4) is 0 Å². The Morgan fingerprint density at radius 3 is 2.12 bits per heavy atom. The van der Waals surface area contributed by atoms with Gasteiger partial charge in [0, 0.05) is 18.1 Å². The van der Waals surface area contributed by atoms with E-state index in [-0.39, 0.29) is 18.0 Å². The molecule has 0 saturated carbocycles. The van der Waals surface area contributed by atoms with Gasteiger partial charge in [0.2, 0.25) is 0 Å². The fourth-order valence-corrected chi connectivity index (χ4v) is 3.31. The Kier molecular flexibility index (Phi) is 3.58. The second kappa shape index (κ2) is 5.89. The first-order valence-corrected chi connectivity index (χ1v) is 7.94. The summed E-state index contributed by atoms with van der Waals surface area (Å²) in [4.78, 5) is 14.7. The number of methoxy groups -OCH3 is 1. The Labute approximate surface area is 140 Å². The molecule has 1 aliphatic rings. The molecule has 0 radical (unpaired) electrons. The summed E-state index contributed by atoms with van der Waals surface area (Å²) in [6.45, 7) is 0. The molecule has 2 heterocycles. The molecule has 1 aromatic heterocycles. The molecule has 0 unspecified atom stereocenters. The lowest BCUT2D eigenvalue weighted by Gasteiger charge is -2.48. The van der Waals surface area contributed by atoms with E-state index in [0.717, 1.165) is 17.0 Å². The smallest absolute Gasteiger partial charge is 0.253 e. The zero-order chi connectivity index (χ0) is 16.5. The number of carbonyl (C=O) groups excluding carboxylic acids is 1. The van der Waals surface area contributed by atoms with Crippen LogP contribution in [0.4, 0.5) is 5.69 Å². The molecule has 4 heteroatoms. The van der Waals surface area contributed by atoms with Gasteiger partial charge in [-0.2, -0.15) is 0 Å². The van der Waals surface area contributed by atoms with Crippen LogP contribution in [-0.4, -0.2) is 17.6 Å². The van der Waals surface area contributed by atoms with Gasteiger partial charge in [-0.1, -0.05) is 30.3 Å². The van der Waals surface area contributed by atoms with E-state index in [1.54, 1.807) is 7.11 Å². The molecule has 2 aromatic carbocycles. The number of rotatable bonds is 4. The van der Waals surface area contributed by atoms with Gasteiger partial charge >= 0.3 is 0 Å². The summed E-state index contributed by atoms with van der Waals surface area (Å²) in [5, 5.41) is 0. The van der Waals surface area contributed by atoms with Gasteiger partial charge in [-0.05, 0) is 42.0 Å². The summed E-state index contributed by atoms with van der Waals surface area (Å²) in [6.07, 6.45) is 3.90. The van der Waals surface area contributed by atoms with Crippen molar-refractivity contribution in [2.45, 2.75) is 12.1 Å². The molecule has 1 aliphatic heterocycles. The Morgan fingerprint density at radius 1 is 0.833 bits per heavy atom. The molecule has 3 aromatic rings. The van der Waals surface area contributed by atoms with Crippen molar-refractivity contribution < 1.29 is 9.53 Å². The van der Waals surface area contributed by atoms with Gasteiger partial charge in [0.05, 0.1) is 13.2 Å². The number of carbonyl (C=O) groups is 1. The summed E-state index contributed by atoms with van der Waals surface area (Å²) in [6, 6.07) is 21.5. The first-order chi connectivity index (χ1) is 11.8. The molecule has 4 rings (SSSR count). The number of aromatic nitrogens is 1. The molecule has 1 saturated heterocycles. The Bertz CT molecular complexity index is 826. The van der Waals surface area contributed by atoms with Crippen molar-refractivity contribution in [3.05, 3.63) is 84.7 Å². The maximum atomic E-state index is 12.9. The van der Waals surface area contributed by atoms with Crippen LogP contribution in [0.15, 0.2) is 79.1 Å². The maximum Gasteiger partial charge on any atom is 0.253 e. The number of β-lactam (4-membered cyclic amide) rings is 1. The molecule has 0 bridgehead atoms. The van der Waals surface area contributed by atoms with E-state index in [9.17, 15) is 4.79 Å². The number of hydrogen-bond donors (Lipinski definition) is 0. The maximum absolute atomic E-state index is 12.9. The number of hydrogen-bond acceptors (Lipinski definition) is 2. The van der Waals surface area contributed by atoms with Crippen LogP contribution in [0.5, 0.6) is 5.75 Å². The summed E-state index contributed by atoms with van der Waals surface area (Å²) in [7, 11) is 1.64. The molecule has 24 heavy (non-hydrogen) atoms. The van der Waals surface area contributed by atoms with E-state index < -0.39 is 0 Å². The summed E-state index contributed by atoms with van der Waals surface area (Å²) in [5.41, 5.74) is 2.02. The molecule has 2 atom stereocenters. The second-order valence-corrected chi connectivity index (χ2v) is 5.84. The standard InChI is InChI=1S/C20H18N2O2/c1-24-17-11-9-16(10-12-17)22-18(15-7-3-2-4-8-15)19(20(22)23)21-13-5-6-14-21/h2-14,18-19H,1H3/t18-,19+/m0/s1. The molecular formula is C20H18N2O2. The average Bonchev–Trinajstić information content (AvgIpc) is 3.15. The van der Waals surface area contributed by atoms with Gasteiger partial charge < -0.3 is 14.2 Å². The van der Waals surface area contributed by atoms with Crippen LogP contribution in [-0.2, 0) is 4.79 Å². The Balaban J connectivity index is 1.74. The predicted molar refractivity (Wildman–Crippen MR) is 93.1 cm³/mol. The van der Waals surface area contributed by atoms with E-state index >= 15 is 0 Å². The normalized spacial score (nSPS) is 19.9. The van der Waals surface area contributed by atoms with Crippen molar-refractivity contribution in [3.8, 4) is 5.75 Å². The van der Waals surface area contributed by atoms with Gasteiger partial charge in [-0.15, -0.1) is 0 Å². The number of anilines is 1. The van der Waals surface area contributed by atoms with E-state index in [0.29, 0.717) is 0 Å². The van der Waals surface area contributed by atoms with E-state index in [2.05, 4.69) is 12.1 Å². The minimum atomic E-state index is -0.204. The highest BCUT2D eigenvalue weighted by atomic mass is 16.5. The van der Waals surface area contributed by atoms with Gasteiger partial charge in [-0.25, -0.2) is 0 Å². The van der Waals surface area contributed by atoms with Gasteiger partial charge in [0.15, 0.2) is 0 Å². The van der Waals surface area contributed by atoms with Crippen molar-refractivity contribution in [1.29, 1.82) is 0 Å². The van der Waals surface area contributed by atoms with Crippen LogP contribution in [0.2, 0.25) is 0 Å². The summed E-state index contributed by atoms with van der Waals surface area (Å²) in [5.74, 6) is 0.884. The Morgan fingerprint density at radius 2 is 1.50 bits per heavy atom. The number of ether oxygens (including phenoxy) is 1. The highest BCUT2D eigenvalue weighted by molar-refractivity contribution is 6.04. The molecule has 1 amide bonds. The van der Waals surface area contributed by atoms with Crippen molar-refractivity contribution in [1.82, 2.24) is 4.57 Å². The van der Waals surface area contributed by atoms with Crippen molar-refractivity contribution in [2.75, 3.05) is 12.0 Å². The molecule has 4 nitrogen and oxygen atoms in total. The lowest BCUT2D eigenvalue weighted by Crippen LogP contribution is -2.55. The van der Waals surface area contributed by atoms with Crippen LogP contribution in [0.25, 0.3) is 0 Å². The second-order valence-electron chi connectivity index (χ2n) is 5.84. The lowest BCUT2D eigenvalue weighted by molar-refractivity contribution is -0.129. The van der Waals surface area contributed by atoms with Crippen molar-refractivity contribution in [2.24, 2.45) is 0 Å². The number of amides is 1. The molecular weight excluding hydrogens is 300 g/mol. The zero-order valence-corrected chi connectivity index (χ0v) is 13.4. The minimum Gasteiger partial charge on any atom is -0.497 e. The van der Waals surface area contributed by atoms with E-state index in [1.807, 2.05) is 76.5 Å². The van der Waals surface area contributed by atoms with E-state index in [1.165, 1.54) is 0 Å². The largest absolute Gasteiger partial charge is 0.497 e. The fraction of sp³-hybridized carbons (Fsp3) is 0.150. The van der Waals surface area contributed by atoms with Gasteiger partial charge in [-0.3, -0.25) is 4.79 Å². The zero-order valence-electron chi connectivity index (χ0n) is 13.4. The quantitative estimate of drug-likeness (QED) is 0.685. The minimum absolute atomic E-state index is 0.0144. The highest BCUT2D eigenvalue weighted by Crippen LogP contribution is 2.46. The first-order valence-electron chi connectivity index (χ1n) is 7.94. The van der Waals surface area contributed by atoms with Crippen molar-refractivity contribution >= 4 is 11.6 Å². The monoisotopic (exact) mass is 318 g/mol. The predicted octanol–water partition coefficient (Wildman–Crippen LogP) is 3.83. The third-order valence-electron chi connectivity index (χ3n) is 4.51. The summed E-state index contributed by atoms with van der Waals surface area (Å²) >= 11 is 0. The lowest BCUT2D eigenvalue weighted by atomic mass is 9.87. The molecule has 1 fully saturated rings. The SMILES string of the molecule is COc1ccc(N2C(=O)[C@H](n3cccc3)[C@@H]2c2ccccc2)cc1. The number of benzene rings is 2. The van der Waals surface area contributed by atoms with Gasteiger partial charge in [0.25, 0.3) is 5.91 Å². The molecule has 0 N–H and O–H groups in total. The average molecular weight is 318 g/mol. The van der Waals surface area contributed by atoms with Crippen LogP contribution in [0.1, 0.15) is 17.6 Å². The highest BCUT2D eigenvalue weighted by Gasteiger charge is 2.49.